The quantitative estimate of drug-likeness (QED) is 0.753. The van der Waals surface area contributed by atoms with E-state index >= 15 is 0 Å². The molecule has 1 rings (SSSR count). The van der Waals surface area contributed by atoms with Crippen LogP contribution in [-0.4, -0.2) is 35.2 Å². The third-order valence-corrected chi connectivity index (χ3v) is 2.98. The van der Waals surface area contributed by atoms with Crippen LogP contribution in [0.3, 0.4) is 0 Å². The van der Waals surface area contributed by atoms with E-state index in [0.29, 0.717) is 6.04 Å². The number of hydrogen-bond acceptors (Lipinski definition) is 2. The van der Waals surface area contributed by atoms with E-state index in [-0.39, 0.29) is 11.5 Å². The second-order valence-electron chi connectivity index (χ2n) is 5.90. The zero-order valence-electron chi connectivity index (χ0n) is 10.1. The minimum absolute atomic E-state index is 0.157. The fraction of sp³-hybridized carbons (Fsp3) is 1.00. The van der Waals surface area contributed by atoms with Crippen LogP contribution < -0.4 is 0 Å². The predicted octanol–water partition coefficient (Wildman–Crippen LogP) is 2.27. The molecular formula is C12H25NO. The van der Waals surface area contributed by atoms with Crippen LogP contribution >= 0.6 is 0 Å². The minimum Gasteiger partial charge on any atom is -0.392 e. The molecule has 0 saturated carbocycles. The van der Waals surface area contributed by atoms with Gasteiger partial charge in [-0.3, -0.25) is 4.90 Å². The summed E-state index contributed by atoms with van der Waals surface area (Å²) in [6.07, 6.45) is 3.33. The molecule has 2 unspecified atom stereocenters. The van der Waals surface area contributed by atoms with Gasteiger partial charge in [-0.1, -0.05) is 20.8 Å². The summed E-state index contributed by atoms with van der Waals surface area (Å²) in [5.41, 5.74) is 0.238. The maximum Gasteiger partial charge on any atom is 0.0672 e. The molecule has 14 heavy (non-hydrogen) atoms. The van der Waals surface area contributed by atoms with E-state index in [9.17, 15) is 5.11 Å². The summed E-state index contributed by atoms with van der Waals surface area (Å²) in [6.45, 7) is 10.8. The topological polar surface area (TPSA) is 23.5 Å². The van der Waals surface area contributed by atoms with Crippen LogP contribution in [-0.2, 0) is 0 Å². The molecule has 0 bridgehead atoms. The van der Waals surface area contributed by atoms with Gasteiger partial charge in [-0.15, -0.1) is 0 Å². The minimum atomic E-state index is -0.157. The number of rotatable bonds is 3. The van der Waals surface area contributed by atoms with Gasteiger partial charge in [-0.2, -0.15) is 0 Å². The van der Waals surface area contributed by atoms with Gasteiger partial charge in [-0.05, 0) is 38.1 Å². The predicted molar refractivity (Wildman–Crippen MR) is 60.3 cm³/mol. The van der Waals surface area contributed by atoms with Crippen molar-refractivity contribution in [3.8, 4) is 0 Å². The van der Waals surface area contributed by atoms with E-state index in [2.05, 4.69) is 32.6 Å². The Morgan fingerprint density at radius 3 is 2.50 bits per heavy atom. The largest absolute Gasteiger partial charge is 0.392 e. The highest BCUT2D eigenvalue weighted by molar-refractivity contribution is 4.79. The van der Waals surface area contributed by atoms with Gasteiger partial charge in [0.25, 0.3) is 0 Å². The Kier molecular flexibility index (Phi) is 3.96. The van der Waals surface area contributed by atoms with E-state index < -0.39 is 0 Å². The van der Waals surface area contributed by atoms with Gasteiger partial charge in [0.2, 0.25) is 0 Å². The number of nitrogens with zero attached hydrogens (tertiary/aromatic N) is 1. The van der Waals surface area contributed by atoms with E-state index in [1.165, 1.54) is 19.4 Å². The van der Waals surface area contributed by atoms with Crippen molar-refractivity contribution in [1.29, 1.82) is 0 Å². The van der Waals surface area contributed by atoms with E-state index in [0.717, 1.165) is 13.0 Å². The Morgan fingerprint density at radius 1 is 1.43 bits per heavy atom. The maximum absolute atomic E-state index is 9.92. The van der Waals surface area contributed by atoms with Crippen LogP contribution in [0.15, 0.2) is 0 Å². The molecule has 1 saturated heterocycles. The number of aliphatic hydroxyl groups excluding tert-OH is 1. The Morgan fingerprint density at radius 2 is 2.07 bits per heavy atom. The van der Waals surface area contributed by atoms with Crippen LogP contribution in [0.25, 0.3) is 0 Å². The molecule has 0 amide bonds. The molecule has 84 valence electrons. The van der Waals surface area contributed by atoms with Crippen molar-refractivity contribution in [3.05, 3.63) is 0 Å². The molecule has 0 aromatic heterocycles. The summed E-state index contributed by atoms with van der Waals surface area (Å²) < 4.78 is 0. The van der Waals surface area contributed by atoms with Gasteiger partial charge in [0.05, 0.1) is 6.10 Å². The molecule has 1 fully saturated rings. The molecule has 2 atom stereocenters. The van der Waals surface area contributed by atoms with Crippen LogP contribution in [0.2, 0.25) is 0 Å². The van der Waals surface area contributed by atoms with Crippen molar-refractivity contribution in [2.45, 2.75) is 59.1 Å². The van der Waals surface area contributed by atoms with Gasteiger partial charge in [0.15, 0.2) is 0 Å². The van der Waals surface area contributed by atoms with Crippen molar-refractivity contribution in [2.24, 2.45) is 5.41 Å². The van der Waals surface area contributed by atoms with Crippen molar-refractivity contribution in [2.75, 3.05) is 13.1 Å². The summed E-state index contributed by atoms with van der Waals surface area (Å²) >= 11 is 0. The first-order chi connectivity index (χ1) is 6.38. The van der Waals surface area contributed by atoms with Gasteiger partial charge in [0, 0.05) is 12.6 Å². The van der Waals surface area contributed by atoms with E-state index in [1.54, 1.807) is 0 Å². The van der Waals surface area contributed by atoms with Crippen molar-refractivity contribution >= 4 is 0 Å². The first-order valence-corrected chi connectivity index (χ1v) is 5.80. The highest BCUT2D eigenvalue weighted by atomic mass is 16.3. The molecule has 0 aromatic carbocycles. The number of aliphatic hydroxyl groups is 1. The standard InChI is InChI=1S/C12H25NO/c1-10-6-5-7-13(10)9-11(14)8-12(2,3)4/h10-11,14H,5-9H2,1-4H3. The van der Waals surface area contributed by atoms with Crippen LogP contribution in [0, 0.1) is 5.41 Å². The molecule has 1 aliphatic rings. The first-order valence-electron chi connectivity index (χ1n) is 5.80. The smallest absolute Gasteiger partial charge is 0.0672 e. The highest BCUT2D eigenvalue weighted by Crippen LogP contribution is 2.23. The fourth-order valence-electron chi connectivity index (χ4n) is 2.31. The Hall–Kier alpha value is -0.0800. The lowest BCUT2D eigenvalue weighted by Gasteiger charge is -2.28. The maximum atomic E-state index is 9.92. The lowest BCUT2D eigenvalue weighted by Crippen LogP contribution is -2.36. The Bertz CT molecular complexity index is 174. The monoisotopic (exact) mass is 199 g/mol. The van der Waals surface area contributed by atoms with Crippen molar-refractivity contribution < 1.29 is 5.11 Å². The number of likely N-dealkylation sites (tertiary alicyclic amines) is 1. The van der Waals surface area contributed by atoms with Gasteiger partial charge < -0.3 is 5.11 Å². The summed E-state index contributed by atoms with van der Waals surface area (Å²) in [5.74, 6) is 0. The first kappa shape index (κ1) is 12.0. The molecule has 2 heteroatoms. The van der Waals surface area contributed by atoms with Gasteiger partial charge in [-0.25, -0.2) is 0 Å². The number of hydrogen-bond donors (Lipinski definition) is 1. The second-order valence-corrected chi connectivity index (χ2v) is 5.90. The fourth-order valence-corrected chi connectivity index (χ4v) is 2.31. The second kappa shape index (κ2) is 4.63. The SMILES string of the molecule is CC1CCCN1CC(O)CC(C)(C)C. The molecule has 0 spiro atoms. The molecule has 2 nitrogen and oxygen atoms in total. The van der Waals surface area contributed by atoms with Gasteiger partial charge in [0.1, 0.15) is 0 Å². The Labute approximate surface area is 88.3 Å². The lowest BCUT2D eigenvalue weighted by molar-refractivity contribution is 0.0746. The molecule has 0 radical (unpaired) electrons. The molecule has 1 N–H and O–H groups in total. The summed E-state index contributed by atoms with van der Waals surface area (Å²) in [5, 5.41) is 9.92. The average Bonchev–Trinajstić information content (AvgIpc) is 2.32. The van der Waals surface area contributed by atoms with Crippen LogP contribution in [0.5, 0.6) is 0 Å². The summed E-state index contributed by atoms with van der Waals surface area (Å²) in [7, 11) is 0. The normalized spacial score (nSPS) is 26.8. The zero-order valence-corrected chi connectivity index (χ0v) is 10.1. The van der Waals surface area contributed by atoms with Gasteiger partial charge >= 0.3 is 0 Å². The van der Waals surface area contributed by atoms with E-state index in [4.69, 9.17) is 0 Å². The third kappa shape index (κ3) is 3.97. The lowest BCUT2D eigenvalue weighted by atomic mass is 9.89. The average molecular weight is 199 g/mol. The molecular weight excluding hydrogens is 174 g/mol. The molecule has 0 aromatic rings. The zero-order chi connectivity index (χ0) is 10.8. The molecule has 1 heterocycles. The third-order valence-electron chi connectivity index (χ3n) is 2.98. The Balaban J connectivity index is 2.29. The summed E-state index contributed by atoms with van der Waals surface area (Å²) in [4.78, 5) is 2.41. The summed E-state index contributed by atoms with van der Waals surface area (Å²) in [6, 6.07) is 0.671. The van der Waals surface area contributed by atoms with Crippen molar-refractivity contribution in [1.82, 2.24) is 4.90 Å². The number of β-amino-alcohol motifs (C(OH)–C–C–N with tert-alkyl or cyclic N) is 1. The van der Waals surface area contributed by atoms with Crippen LogP contribution in [0.1, 0.15) is 47.0 Å². The highest BCUT2D eigenvalue weighted by Gasteiger charge is 2.24. The van der Waals surface area contributed by atoms with Crippen LogP contribution in [0.4, 0.5) is 0 Å². The van der Waals surface area contributed by atoms with Crippen molar-refractivity contribution in [3.63, 3.8) is 0 Å². The molecule has 1 aliphatic heterocycles. The van der Waals surface area contributed by atoms with E-state index in [1.807, 2.05) is 0 Å². The molecule has 0 aliphatic carbocycles.